The van der Waals surface area contributed by atoms with Crippen molar-refractivity contribution in [3.63, 3.8) is 0 Å². The minimum absolute atomic E-state index is 0.00327. The number of carbonyl (C=O) groups excluding carboxylic acids is 1. The Morgan fingerprint density at radius 2 is 1.83 bits per heavy atom. The summed E-state index contributed by atoms with van der Waals surface area (Å²) in [4.78, 5) is 23.3. The van der Waals surface area contributed by atoms with E-state index in [1.54, 1.807) is 0 Å². The van der Waals surface area contributed by atoms with Crippen LogP contribution in [-0.4, -0.2) is 34.2 Å². The van der Waals surface area contributed by atoms with Gasteiger partial charge in [0, 0.05) is 12.1 Å². The predicted molar refractivity (Wildman–Crippen MR) is 66.9 cm³/mol. The maximum absolute atomic E-state index is 12.1. The summed E-state index contributed by atoms with van der Waals surface area (Å²) in [7, 11) is 0. The van der Waals surface area contributed by atoms with Crippen LogP contribution in [-0.2, 0) is 9.59 Å². The molecule has 1 aliphatic rings. The molecule has 5 nitrogen and oxygen atoms in total. The average molecular weight is 257 g/mol. The largest absolute Gasteiger partial charge is 0.481 e. The second-order valence-electron chi connectivity index (χ2n) is 5.97. The van der Waals surface area contributed by atoms with Gasteiger partial charge in [-0.2, -0.15) is 0 Å². The van der Waals surface area contributed by atoms with E-state index in [4.69, 9.17) is 10.2 Å². The lowest BCUT2D eigenvalue weighted by Crippen LogP contribution is -2.48. The first kappa shape index (κ1) is 15.0. The van der Waals surface area contributed by atoms with E-state index in [-0.39, 0.29) is 18.4 Å². The van der Waals surface area contributed by atoms with Crippen LogP contribution in [0, 0.1) is 17.8 Å². The van der Waals surface area contributed by atoms with Crippen molar-refractivity contribution in [2.75, 3.05) is 6.61 Å². The topological polar surface area (TPSA) is 86.6 Å². The number of amides is 1. The van der Waals surface area contributed by atoms with Gasteiger partial charge < -0.3 is 15.5 Å². The Hall–Kier alpha value is -1.10. The first-order valence-corrected chi connectivity index (χ1v) is 6.42. The van der Waals surface area contributed by atoms with Gasteiger partial charge >= 0.3 is 5.97 Å². The fourth-order valence-corrected chi connectivity index (χ4v) is 2.62. The standard InChI is InChI=1S/C13H23NO4/c1-8-6-9(10(7-8)12(17)18)11(16)14-13(2,3)4-5-15/h8-10,15H,4-7H2,1-3H3,(H,14,16)(H,17,18)/t8?,9-,10+/m0/s1. The van der Waals surface area contributed by atoms with Crippen molar-refractivity contribution in [2.24, 2.45) is 17.8 Å². The van der Waals surface area contributed by atoms with Gasteiger partial charge in [0.1, 0.15) is 0 Å². The van der Waals surface area contributed by atoms with Crippen LogP contribution in [0.2, 0.25) is 0 Å². The lowest BCUT2D eigenvalue weighted by atomic mass is 9.93. The number of nitrogens with one attached hydrogen (secondary N) is 1. The number of aliphatic hydroxyl groups is 1. The van der Waals surface area contributed by atoms with E-state index in [1.165, 1.54) is 0 Å². The van der Waals surface area contributed by atoms with E-state index in [0.717, 1.165) is 0 Å². The van der Waals surface area contributed by atoms with E-state index in [0.29, 0.717) is 19.3 Å². The number of aliphatic carboxylic acids is 1. The molecule has 1 rings (SSSR count). The van der Waals surface area contributed by atoms with Gasteiger partial charge in [0.2, 0.25) is 5.91 Å². The molecule has 0 heterocycles. The fraction of sp³-hybridized carbons (Fsp3) is 0.846. The summed E-state index contributed by atoms with van der Waals surface area (Å²) in [5, 5.41) is 20.9. The zero-order valence-electron chi connectivity index (χ0n) is 11.3. The molecular weight excluding hydrogens is 234 g/mol. The highest BCUT2D eigenvalue weighted by molar-refractivity contribution is 5.85. The number of carboxylic acids is 1. The molecule has 0 bridgehead atoms. The van der Waals surface area contributed by atoms with Crippen LogP contribution in [0.5, 0.6) is 0 Å². The van der Waals surface area contributed by atoms with Gasteiger partial charge in [-0.3, -0.25) is 9.59 Å². The quantitative estimate of drug-likeness (QED) is 0.686. The van der Waals surface area contributed by atoms with Gasteiger partial charge in [-0.25, -0.2) is 0 Å². The second kappa shape index (κ2) is 5.69. The molecule has 18 heavy (non-hydrogen) atoms. The molecular formula is C13H23NO4. The minimum Gasteiger partial charge on any atom is -0.481 e. The molecule has 5 heteroatoms. The molecule has 1 amide bonds. The third-order valence-corrected chi connectivity index (χ3v) is 3.65. The molecule has 0 aromatic heterocycles. The summed E-state index contributed by atoms with van der Waals surface area (Å²) in [5.41, 5.74) is -0.499. The van der Waals surface area contributed by atoms with Crippen molar-refractivity contribution in [2.45, 2.75) is 45.6 Å². The van der Waals surface area contributed by atoms with Gasteiger partial charge in [0.15, 0.2) is 0 Å². The zero-order valence-corrected chi connectivity index (χ0v) is 11.3. The summed E-state index contributed by atoms with van der Waals surface area (Å²) in [6.07, 6.45) is 1.64. The maximum atomic E-state index is 12.1. The molecule has 104 valence electrons. The van der Waals surface area contributed by atoms with Gasteiger partial charge in [-0.1, -0.05) is 6.92 Å². The summed E-state index contributed by atoms with van der Waals surface area (Å²) < 4.78 is 0. The fourth-order valence-electron chi connectivity index (χ4n) is 2.62. The van der Waals surface area contributed by atoms with Crippen LogP contribution in [0.4, 0.5) is 0 Å². The highest BCUT2D eigenvalue weighted by atomic mass is 16.4. The van der Waals surface area contributed by atoms with Crippen molar-refractivity contribution < 1.29 is 19.8 Å². The second-order valence-corrected chi connectivity index (χ2v) is 5.97. The molecule has 0 aliphatic heterocycles. The number of aliphatic hydroxyl groups excluding tert-OH is 1. The molecule has 1 aliphatic carbocycles. The SMILES string of the molecule is CC1C[C@H](C(=O)NC(C)(C)CCO)[C@H](C(=O)O)C1. The Morgan fingerprint density at radius 1 is 1.28 bits per heavy atom. The monoisotopic (exact) mass is 257 g/mol. The van der Waals surface area contributed by atoms with Crippen LogP contribution >= 0.6 is 0 Å². The normalized spacial score (nSPS) is 28.1. The zero-order chi connectivity index (χ0) is 13.9. The summed E-state index contributed by atoms with van der Waals surface area (Å²) >= 11 is 0. The Morgan fingerprint density at radius 3 is 2.33 bits per heavy atom. The number of rotatable bonds is 5. The Balaban J connectivity index is 2.68. The molecule has 0 radical (unpaired) electrons. The minimum atomic E-state index is -0.889. The van der Waals surface area contributed by atoms with E-state index in [1.807, 2.05) is 20.8 Å². The van der Waals surface area contributed by atoms with Crippen LogP contribution < -0.4 is 5.32 Å². The van der Waals surface area contributed by atoms with Gasteiger partial charge in [-0.05, 0) is 39.0 Å². The smallest absolute Gasteiger partial charge is 0.307 e. The maximum Gasteiger partial charge on any atom is 0.307 e. The molecule has 3 atom stereocenters. The third kappa shape index (κ3) is 3.70. The molecule has 1 saturated carbocycles. The molecule has 0 saturated heterocycles. The van der Waals surface area contributed by atoms with Crippen molar-refractivity contribution in [1.29, 1.82) is 0 Å². The summed E-state index contributed by atoms with van der Waals surface area (Å²) in [5.74, 6) is -1.85. The number of carbonyl (C=O) groups is 2. The highest BCUT2D eigenvalue weighted by Gasteiger charge is 2.42. The first-order valence-electron chi connectivity index (χ1n) is 6.42. The van der Waals surface area contributed by atoms with Gasteiger partial charge in [-0.15, -0.1) is 0 Å². The van der Waals surface area contributed by atoms with Crippen molar-refractivity contribution in [1.82, 2.24) is 5.32 Å². The molecule has 0 aromatic rings. The number of carboxylic acid groups (broad SMARTS) is 1. The van der Waals surface area contributed by atoms with Gasteiger partial charge in [0.25, 0.3) is 0 Å². The Bertz CT molecular complexity index is 327. The van der Waals surface area contributed by atoms with Crippen LogP contribution in [0.1, 0.15) is 40.0 Å². The first-order chi connectivity index (χ1) is 8.26. The lowest BCUT2D eigenvalue weighted by molar-refractivity contribution is -0.146. The number of hydrogen-bond acceptors (Lipinski definition) is 3. The highest BCUT2D eigenvalue weighted by Crippen LogP contribution is 2.36. The average Bonchev–Trinajstić information content (AvgIpc) is 2.59. The Labute approximate surface area is 108 Å². The third-order valence-electron chi connectivity index (χ3n) is 3.65. The lowest BCUT2D eigenvalue weighted by Gasteiger charge is -2.28. The molecule has 1 unspecified atom stereocenters. The van der Waals surface area contributed by atoms with Crippen LogP contribution in [0.15, 0.2) is 0 Å². The Kier molecular flexibility index (Phi) is 4.73. The molecule has 3 N–H and O–H groups in total. The summed E-state index contributed by atoms with van der Waals surface area (Å²) in [6, 6.07) is 0. The van der Waals surface area contributed by atoms with Crippen molar-refractivity contribution in [3.05, 3.63) is 0 Å². The van der Waals surface area contributed by atoms with Crippen molar-refractivity contribution >= 4 is 11.9 Å². The van der Waals surface area contributed by atoms with E-state index in [2.05, 4.69) is 5.32 Å². The van der Waals surface area contributed by atoms with Crippen LogP contribution in [0.25, 0.3) is 0 Å². The molecule has 0 aromatic carbocycles. The van der Waals surface area contributed by atoms with Crippen molar-refractivity contribution in [3.8, 4) is 0 Å². The molecule has 0 spiro atoms. The number of hydrogen-bond donors (Lipinski definition) is 3. The van der Waals surface area contributed by atoms with E-state index in [9.17, 15) is 9.59 Å². The summed E-state index contributed by atoms with van der Waals surface area (Å²) in [6.45, 7) is 5.63. The molecule has 1 fully saturated rings. The van der Waals surface area contributed by atoms with E-state index < -0.39 is 23.3 Å². The van der Waals surface area contributed by atoms with Gasteiger partial charge in [0.05, 0.1) is 11.8 Å². The van der Waals surface area contributed by atoms with E-state index >= 15 is 0 Å². The van der Waals surface area contributed by atoms with Crippen LogP contribution in [0.3, 0.4) is 0 Å². The predicted octanol–water partition coefficient (Wildman–Crippen LogP) is 1.01.